The van der Waals surface area contributed by atoms with Gasteiger partial charge in [-0.2, -0.15) is 0 Å². The summed E-state index contributed by atoms with van der Waals surface area (Å²) in [5, 5.41) is 12.8. The molecule has 8 heteroatoms. The smallest absolute Gasteiger partial charge is 0.234 e. The van der Waals surface area contributed by atoms with Crippen LogP contribution >= 0.6 is 11.8 Å². The molecule has 0 saturated carbocycles. The highest BCUT2D eigenvalue weighted by Crippen LogP contribution is 2.30. The summed E-state index contributed by atoms with van der Waals surface area (Å²) >= 11 is 1.39. The molecule has 34 heavy (non-hydrogen) atoms. The maximum absolute atomic E-state index is 12.9. The van der Waals surface area contributed by atoms with E-state index >= 15 is 0 Å². The van der Waals surface area contributed by atoms with Crippen LogP contribution in [-0.2, 0) is 17.6 Å². The quantitative estimate of drug-likeness (QED) is 0.382. The summed E-state index contributed by atoms with van der Waals surface area (Å²) in [6, 6.07) is 14.1. The molecule has 1 N–H and O–H groups in total. The molecule has 1 heterocycles. The van der Waals surface area contributed by atoms with E-state index in [1.165, 1.54) is 11.8 Å². The Bertz CT molecular complexity index is 1070. The van der Waals surface area contributed by atoms with E-state index in [1.807, 2.05) is 42.9 Å². The van der Waals surface area contributed by atoms with Crippen molar-refractivity contribution in [2.24, 2.45) is 0 Å². The lowest BCUT2D eigenvalue weighted by Crippen LogP contribution is -2.23. The zero-order chi connectivity index (χ0) is 24.7. The summed E-state index contributed by atoms with van der Waals surface area (Å²) in [6.45, 7) is 6.34. The highest BCUT2D eigenvalue weighted by molar-refractivity contribution is 7.99. The van der Waals surface area contributed by atoms with Crippen LogP contribution in [0.4, 0.5) is 5.69 Å². The number of rotatable bonds is 11. The number of methoxy groups -OCH3 is 1. The lowest BCUT2D eigenvalue weighted by Gasteiger charge is -2.23. The van der Waals surface area contributed by atoms with Gasteiger partial charge in [-0.3, -0.25) is 14.3 Å². The molecule has 1 unspecified atom stereocenters. The zero-order valence-corrected chi connectivity index (χ0v) is 21.8. The molecule has 2 aromatic carbocycles. The molecule has 182 valence electrons. The second-order valence-electron chi connectivity index (χ2n) is 8.26. The van der Waals surface area contributed by atoms with Gasteiger partial charge in [-0.15, -0.1) is 10.2 Å². The van der Waals surface area contributed by atoms with E-state index in [-0.39, 0.29) is 17.7 Å². The number of thioether (sulfide) groups is 1. The van der Waals surface area contributed by atoms with Gasteiger partial charge >= 0.3 is 0 Å². The largest absolute Gasteiger partial charge is 0.497 e. The van der Waals surface area contributed by atoms with Crippen molar-refractivity contribution >= 4 is 23.4 Å². The van der Waals surface area contributed by atoms with Crippen molar-refractivity contribution in [1.29, 1.82) is 0 Å². The monoisotopic (exact) mass is 481 g/mol. The van der Waals surface area contributed by atoms with Crippen LogP contribution in [-0.4, -0.2) is 52.5 Å². The molecule has 3 rings (SSSR count). The Morgan fingerprint density at radius 1 is 1.06 bits per heavy atom. The van der Waals surface area contributed by atoms with Crippen molar-refractivity contribution in [2.45, 2.75) is 51.2 Å². The predicted molar refractivity (Wildman–Crippen MR) is 139 cm³/mol. The summed E-state index contributed by atoms with van der Waals surface area (Å²) < 4.78 is 7.36. The third kappa shape index (κ3) is 5.80. The van der Waals surface area contributed by atoms with Crippen LogP contribution in [0.1, 0.15) is 50.2 Å². The number of carbonyl (C=O) groups is 1. The lowest BCUT2D eigenvalue weighted by molar-refractivity contribution is -0.113. The number of amides is 1. The van der Waals surface area contributed by atoms with E-state index < -0.39 is 0 Å². The number of benzene rings is 2. The van der Waals surface area contributed by atoms with E-state index in [9.17, 15) is 4.79 Å². The first kappa shape index (κ1) is 25.8. The van der Waals surface area contributed by atoms with Gasteiger partial charge < -0.3 is 10.1 Å². The fourth-order valence-corrected chi connectivity index (χ4v) is 4.81. The van der Waals surface area contributed by atoms with Crippen molar-refractivity contribution < 1.29 is 9.53 Å². The van der Waals surface area contributed by atoms with Gasteiger partial charge in [0.2, 0.25) is 5.91 Å². The van der Waals surface area contributed by atoms with Crippen LogP contribution in [0.3, 0.4) is 0 Å². The highest BCUT2D eigenvalue weighted by Gasteiger charge is 2.24. The van der Waals surface area contributed by atoms with Crippen molar-refractivity contribution in [3.63, 3.8) is 0 Å². The Labute approximate surface area is 206 Å². The van der Waals surface area contributed by atoms with E-state index in [2.05, 4.69) is 59.4 Å². The molecule has 0 aliphatic carbocycles. The molecular weight excluding hydrogens is 446 g/mol. The van der Waals surface area contributed by atoms with Crippen LogP contribution in [0.25, 0.3) is 5.69 Å². The molecule has 3 aromatic rings. The first-order valence-corrected chi connectivity index (χ1v) is 12.7. The summed E-state index contributed by atoms with van der Waals surface area (Å²) in [4.78, 5) is 15.1. The first-order valence-electron chi connectivity index (χ1n) is 11.7. The van der Waals surface area contributed by atoms with E-state index in [4.69, 9.17) is 4.74 Å². The zero-order valence-electron chi connectivity index (χ0n) is 21.0. The number of hydrogen-bond acceptors (Lipinski definition) is 6. The molecule has 0 saturated heterocycles. The normalized spacial score (nSPS) is 12.1. The van der Waals surface area contributed by atoms with Crippen molar-refractivity contribution in [1.82, 2.24) is 19.7 Å². The second-order valence-corrected chi connectivity index (χ2v) is 9.20. The molecular formula is C26H35N5O2S. The maximum atomic E-state index is 12.9. The number of carbonyl (C=O) groups excluding carboxylic acids is 1. The number of para-hydroxylation sites is 1. The van der Waals surface area contributed by atoms with Crippen molar-refractivity contribution in [3.05, 3.63) is 59.4 Å². The minimum atomic E-state index is -0.0499. The topological polar surface area (TPSA) is 72.3 Å². The van der Waals surface area contributed by atoms with Gasteiger partial charge in [-0.1, -0.05) is 50.7 Å². The summed E-state index contributed by atoms with van der Waals surface area (Å²) in [6.07, 6.45) is 2.63. The Hall–Kier alpha value is -2.84. The van der Waals surface area contributed by atoms with Crippen molar-refractivity contribution in [3.8, 4) is 11.4 Å². The van der Waals surface area contributed by atoms with Crippen molar-refractivity contribution in [2.75, 3.05) is 32.3 Å². The van der Waals surface area contributed by atoms with Gasteiger partial charge in [0.05, 0.1) is 18.9 Å². The van der Waals surface area contributed by atoms with E-state index in [0.717, 1.165) is 53.3 Å². The number of ether oxygens (including phenoxy) is 1. The van der Waals surface area contributed by atoms with Gasteiger partial charge in [0, 0.05) is 11.4 Å². The predicted octanol–water partition coefficient (Wildman–Crippen LogP) is 5.14. The molecule has 1 amide bonds. The summed E-state index contributed by atoms with van der Waals surface area (Å²) in [5.41, 5.74) is 4.18. The van der Waals surface area contributed by atoms with Crippen LogP contribution in [0.15, 0.2) is 47.6 Å². The number of anilines is 1. The first-order chi connectivity index (χ1) is 16.4. The molecule has 7 nitrogen and oxygen atoms in total. The Morgan fingerprint density at radius 2 is 1.71 bits per heavy atom. The number of aromatic nitrogens is 3. The van der Waals surface area contributed by atoms with Crippen LogP contribution in [0.2, 0.25) is 0 Å². The average Bonchev–Trinajstić information content (AvgIpc) is 3.26. The molecule has 0 bridgehead atoms. The molecule has 0 fully saturated rings. The van der Waals surface area contributed by atoms with Gasteiger partial charge in [0.15, 0.2) is 11.0 Å². The molecule has 0 aliphatic rings. The standard InChI is InChI=1S/C26H35N5O2S/c1-7-18-11-10-12-19(8-2)24(18)27-23(32)17-34-26-29-28-25(22(9-3)30(4)5)31(26)20-13-15-21(33-6)16-14-20/h10-16,22H,7-9,17H2,1-6H3,(H,27,32). The number of hydrogen-bond donors (Lipinski definition) is 1. The molecule has 0 aliphatic heterocycles. The third-order valence-corrected chi connectivity index (χ3v) is 6.82. The molecule has 0 radical (unpaired) electrons. The highest BCUT2D eigenvalue weighted by atomic mass is 32.2. The van der Waals surface area contributed by atoms with Gasteiger partial charge in [-0.05, 0) is 68.8 Å². The van der Waals surface area contributed by atoms with Gasteiger partial charge in [0.25, 0.3) is 0 Å². The molecule has 1 atom stereocenters. The summed E-state index contributed by atoms with van der Waals surface area (Å²) in [5.74, 6) is 1.83. The van der Waals surface area contributed by atoms with E-state index in [0.29, 0.717) is 5.16 Å². The number of aryl methyl sites for hydroxylation is 2. The van der Waals surface area contributed by atoms with Crippen LogP contribution < -0.4 is 10.1 Å². The lowest BCUT2D eigenvalue weighted by atomic mass is 10.0. The maximum Gasteiger partial charge on any atom is 0.234 e. The Balaban J connectivity index is 1.87. The van der Waals surface area contributed by atoms with Gasteiger partial charge in [0.1, 0.15) is 5.75 Å². The number of nitrogens with zero attached hydrogens (tertiary/aromatic N) is 4. The van der Waals surface area contributed by atoms with E-state index in [1.54, 1.807) is 7.11 Å². The Kier molecular flexibility index (Phi) is 9.12. The third-order valence-electron chi connectivity index (χ3n) is 5.89. The Morgan fingerprint density at radius 3 is 2.24 bits per heavy atom. The molecule has 1 aromatic heterocycles. The van der Waals surface area contributed by atoms with Crippen LogP contribution in [0, 0.1) is 0 Å². The summed E-state index contributed by atoms with van der Waals surface area (Å²) in [7, 11) is 5.73. The fraction of sp³-hybridized carbons (Fsp3) is 0.423. The fourth-order valence-electron chi connectivity index (χ4n) is 4.05. The average molecular weight is 482 g/mol. The minimum absolute atomic E-state index is 0.0499. The SMILES string of the molecule is CCc1cccc(CC)c1NC(=O)CSc1nnc(C(CC)N(C)C)n1-c1ccc(OC)cc1. The van der Waals surface area contributed by atoms with Gasteiger partial charge in [-0.25, -0.2) is 0 Å². The second kappa shape index (κ2) is 12.0. The number of nitrogens with one attached hydrogen (secondary N) is 1. The molecule has 0 spiro atoms. The minimum Gasteiger partial charge on any atom is -0.497 e. The van der Waals surface area contributed by atoms with Crippen LogP contribution in [0.5, 0.6) is 5.75 Å².